The van der Waals surface area contributed by atoms with Crippen molar-refractivity contribution >= 4 is 32.5 Å². The Bertz CT molecular complexity index is 1430. The van der Waals surface area contributed by atoms with E-state index in [0.29, 0.717) is 47.7 Å². The molecule has 3 aromatic rings. The zero-order valence-corrected chi connectivity index (χ0v) is 19.6. The van der Waals surface area contributed by atoms with E-state index in [9.17, 15) is 31.5 Å². The number of H-pyrrole nitrogens is 1. The fourth-order valence-electron chi connectivity index (χ4n) is 3.64. The first-order valence-electron chi connectivity index (χ1n) is 10.4. The van der Waals surface area contributed by atoms with Crippen LogP contribution in [0.1, 0.15) is 17.5 Å². The highest BCUT2D eigenvalue weighted by atomic mass is 35.5. The number of pyridine rings is 1. The van der Waals surface area contributed by atoms with E-state index < -0.39 is 43.8 Å². The molecule has 8 nitrogen and oxygen atoms in total. The number of sulfonamides is 1. The molecule has 0 spiro atoms. The minimum absolute atomic E-state index is 0.0139. The van der Waals surface area contributed by atoms with Crippen LogP contribution in [-0.2, 0) is 22.7 Å². The van der Waals surface area contributed by atoms with E-state index in [0.717, 1.165) is 10.4 Å². The van der Waals surface area contributed by atoms with Crippen molar-refractivity contribution in [2.24, 2.45) is 0 Å². The van der Waals surface area contributed by atoms with Gasteiger partial charge in [-0.2, -0.15) is 17.5 Å². The van der Waals surface area contributed by atoms with Gasteiger partial charge in [0, 0.05) is 36.7 Å². The highest BCUT2D eigenvalue weighted by Crippen LogP contribution is 2.36. The van der Waals surface area contributed by atoms with Crippen molar-refractivity contribution in [1.82, 2.24) is 9.29 Å². The Morgan fingerprint density at radius 3 is 2.43 bits per heavy atom. The molecule has 1 aliphatic rings. The number of aromatic amines is 1. The van der Waals surface area contributed by atoms with Crippen molar-refractivity contribution in [3.63, 3.8) is 0 Å². The molecule has 4 rings (SSSR count). The van der Waals surface area contributed by atoms with Crippen LogP contribution < -0.4 is 15.0 Å². The average molecular weight is 533 g/mol. The summed E-state index contributed by atoms with van der Waals surface area (Å²) in [5, 5.41) is 9.38. The van der Waals surface area contributed by atoms with Crippen LogP contribution >= 0.6 is 11.6 Å². The molecule has 0 amide bonds. The summed E-state index contributed by atoms with van der Waals surface area (Å²) in [5.41, 5.74) is -1.29. The third-order valence-corrected chi connectivity index (χ3v) is 7.70. The lowest BCUT2D eigenvalue weighted by Gasteiger charge is -2.23. The summed E-state index contributed by atoms with van der Waals surface area (Å²) in [6.45, 7) is -0.394. The van der Waals surface area contributed by atoms with Gasteiger partial charge in [0.15, 0.2) is 11.5 Å². The first-order chi connectivity index (χ1) is 16.5. The van der Waals surface area contributed by atoms with E-state index in [1.165, 1.54) is 6.07 Å². The first-order valence-corrected chi connectivity index (χ1v) is 12.3. The van der Waals surface area contributed by atoms with E-state index >= 15 is 0 Å². The van der Waals surface area contributed by atoms with Crippen molar-refractivity contribution in [1.29, 1.82) is 0 Å². The van der Waals surface area contributed by atoms with Crippen molar-refractivity contribution in [3.8, 4) is 11.5 Å². The van der Waals surface area contributed by atoms with Crippen LogP contribution in [0.2, 0.25) is 5.02 Å². The molecule has 0 unspecified atom stereocenters. The minimum Gasteiger partial charge on any atom is -0.486 e. The predicted molar refractivity (Wildman–Crippen MR) is 121 cm³/mol. The van der Waals surface area contributed by atoms with Crippen LogP contribution in [-0.4, -0.2) is 49.2 Å². The molecule has 1 aliphatic heterocycles. The second-order valence-electron chi connectivity index (χ2n) is 7.77. The van der Waals surface area contributed by atoms with E-state index in [2.05, 4.69) is 4.98 Å². The van der Waals surface area contributed by atoms with Gasteiger partial charge in [0.2, 0.25) is 10.0 Å². The maximum absolute atomic E-state index is 13.4. The van der Waals surface area contributed by atoms with Gasteiger partial charge in [-0.3, -0.25) is 4.79 Å². The van der Waals surface area contributed by atoms with Crippen molar-refractivity contribution in [3.05, 3.63) is 62.9 Å². The van der Waals surface area contributed by atoms with Crippen LogP contribution in [0.3, 0.4) is 0 Å². The second-order valence-corrected chi connectivity index (χ2v) is 10.1. The van der Waals surface area contributed by atoms with Gasteiger partial charge in [-0.05, 0) is 36.8 Å². The van der Waals surface area contributed by atoms with Crippen molar-refractivity contribution in [2.75, 3.05) is 26.4 Å². The number of halogens is 4. The average Bonchev–Trinajstić information content (AvgIpc) is 2.80. The molecule has 0 aliphatic carbocycles. The Balaban J connectivity index is 1.75. The first kappa shape index (κ1) is 25.3. The number of hydrogen-bond acceptors (Lipinski definition) is 6. The Hall–Kier alpha value is -2.80. The number of hydrogen-bond donors (Lipinski definition) is 2. The maximum Gasteiger partial charge on any atom is 0.416 e. The maximum atomic E-state index is 13.4. The molecular weight excluding hydrogens is 513 g/mol. The quantitative estimate of drug-likeness (QED) is 0.482. The van der Waals surface area contributed by atoms with Crippen LogP contribution in [0, 0.1) is 0 Å². The van der Waals surface area contributed by atoms with Crippen LogP contribution in [0.15, 0.2) is 46.1 Å². The van der Waals surface area contributed by atoms with E-state index in [1.807, 2.05) is 0 Å². The summed E-state index contributed by atoms with van der Waals surface area (Å²) in [5.74, 6) is 0.917. The Kier molecular flexibility index (Phi) is 7.00. The normalized spacial score (nSPS) is 14.0. The third kappa shape index (κ3) is 5.25. The molecule has 2 N–H and O–H groups in total. The van der Waals surface area contributed by atoms with Crippen molar-refractivity contribution < 1.29 is 36.2 Å². The fourth-order valence-corrected chi connectivity index (χ4v) is 5.60. The summed E-state index contributed by atoms with van der Waals surface area (Å²) in [6.07, 6.45) is -4.80. The molecule has 188 valence electrons. The molecule has 13 heteroatoms. The standard InChI is InChI=1S/C22H20ClF3N2O6S/c23-16-3-2-15(22(24,25)26)10-20(16)35(31,32)28(4-1-5-29)12-14-8-13-9-18-19(34-7-6-33-18)11-17(13)27-21(14)30/h2-3,8-11,29H,1,4-7,12H2,(H,27,30). The predicted octanol–water partition coefficient (Wildman–Crippen LogP) is 3.54. The van der Waals surface area contributed by atoms with Crippen LogP contribution in [0.5, 0.6) is 11.5 Å². The highest BCUT2D eigenvalue weighted by Gasteiger charge is 2.34. The lowest BCUT2D eigenvalue weighted by atomic mass is 10.1. The summed E-state index contributed by atoms with van der Waals surface area (Å²) in [7, 11) is -4.58. The molecule has 2 heterocycles. The number of rotatable bonds is 7. The number of alkyl halides is 3. The smallest absolute Gasteiger partial charge is 0.416 e. The molecule has 0 bridgehead atoms. The number of fused-ring (bicyclic) bond motifs is 2. The molecule has 2 aromatic carbocycles. The van der Waals surface area contributed by atoms with Gasteiger partial charge in [-0.15, -0.1) is 0 Å². The number of benzene rings is 2. The molecule has 0 saturated carbocycles. The SMILES string of the molecule is O=c1[nH]c2cc3c(cc2cc1CN(CCCO)S(=O)(=O)c1cc(C(F)(F)F)ccc1Cl)OCCO3. The molecule has 0 radical (unpaired) electrons. The number of ether oxygens (including phenoxy) is 2. The molecule has 35 heavy (non-hydrogen) atoms. The number of aliphatic hydroxyl groups excluding tert-OH is 1. The minimum atomic E-state index is -4.79. The topological polar surface area (TPSA) is 109 Å². The lowest BCUT2D eigenvalue weighted by molar-refractivity contribution is -0.137. The summed E-state index contributed by atoms with van der Waals surface area (Å²) in [4.78, 5) is 14.7. The van der Waals surface area contributed by atoms with E-state index in [1.54, 1.807) is 12.1 Å². The van der Waals surface area contributed by atoms with Crippen LogP contribution in [0.4, 0.5) is 13.2 Å². The number of nitrogens with one attached hydrogen (secondary N) is 1. The number of nitrogens with zero attached hydrogens (tertiary/aromatic N) is 1. The van der Waals surface area contributed by atoms with E-state index in [-0.39, 0.29) is 25.1 Å². The lowest BCUT2D eigenvalue weighted by Crippen LogP contribution is -2.34. The zero-order valence-electron chi connectivity index (χ0n) is 18.1. The molecular formula is C22H20ClF3N2O6S. The summed E-state index contributed by atoms with van der Waals surface area (Å²) in [6, 6.07) is 6.70. The molecule has 0 saturated heterocycles. The Morgan fingerprint density at radius 1 is 1.09 bits per heavy atom. The van der Waals surface area contributed by atoms with E-state index in [4.69, 9.17) is 21.1 Å². The summed E-state index contributed by atoms with van der Waals surface area (Å²) >= 11 is 5.97. The fraction of sp³-hybridized carbons (Fsp3) is 0.318. The highest BCUT2D eigenvalue weighted by molar-refractivity contribution is 7.89. The molecule has 0 fully saturated rings. The Morgan fingerprint density at radius 2 is 1.77 bits per heavy atom. The van der Waals surface area contributed by atoms with Crippen LogP contribution in [0.25, 0.3) is 10.9 Å². The van der Waals surface area contributed by atoms with Gasteiger partial charge in [0.25, 0.3) is 5.56 Å². The number of aromatic nitrogens is 1. The van der Waals surface area contributed by atoms with Gasteiger partial charge in [0.1, 0.15) is 18.1 Å². The van der Waals surface area contributed by atoms with Gasteiger partial charge in [0.05, 0.1) is 16.1 Å². The Labute approximate surface area is 202 Å². The molecule has 0 atom stereocenters. The van der Waals surface area contributed by atoms with Gasteiger partial charge in [-0.1, -0.05) is 11.6 Å². The van der Waals surface area contributed by atoms with Gasteiger partial charge < -0.3 is 19.6 Å². The second kappa shape index (κ2) is 9.69. The zero-order chi connectivity index (χ0) is 25.4. The largest absolute Gasteiger partial charge is 0.486 e. The number of aliphatic hydroxyl groups is 1. The van der Waals surface area contributed by atoms with Gasteiger partial charge in [-0.25, -0.2) is 8.42 Å². The molecule has 1 aromatic heterocycles. The summed E-state index contributed by atoms with van der Waals surface area (Å²) < 4.78 is 78.2. The van der Waals surface area contributed by atoms with Gasteiger partial charge >= 0.3 is 6.18 Å². The third-order valence-electron chi connectivity index (χ3n) is 5.37. The monoisotopic (exact) mass is 532 g/mol. The van der Waals surface area contributed by atoms with Crippen molar-refractivity contribution in [2.45, 2.75) is 24.0 Å².